The second kappa shape index (κ2) is 4.64. The van der Waals surface area contributed by atoms with Crippen LogP contribution in [0.2, 0.25) is 5.02 Å². The zero-order chi connectivity index (χ0) is 10.7. The van der Waals surface area contributed by atoms with E-state index in [1.807, 2.05) is 24.3 Å². The van der Waals surface area contributed by atoms with Gasteiger partial charge in [0.1, 0.15) is 0 Å². The first-order chi connectivity index (χ1) is 7.25. The van der Waals surface area contributed by atoms with Gasteiger partial charge in [-0.05, 0) is 24.1 Å². The van der Waals surface area contributed by atoms with Crippen molar-refractivity contribution in [1.29, 1.82) is 0 Å². The van der Waals surface area contributed by atoms with E-state index in [1.54, 1.807) is 5.01 Å². The molecule has 0 unspecified atom stereocenters. The zero-order valence-corrected chi connectivity index (χ0v) is 9.13. The SMILES string of the molecule is O=C1CCNN1CCc1cccc(Cl)c1. The molecular weight excluding hydrogens is 212 g/mol. The fraction of sp³-hybridized carbons (Fsp3) is 0.364. The number of carbonyl (C=O) groups excluding carboxylic acids is 1. The Kier molecular flexibility index (Phi) is 3.23. The molecule has 4 heteroatoms. The van der Waals surface area contributed by atoms with Crippen molar-refractivity contribution in [3.8, 4) is 0 Å². The van der Waals surface area contributed by atoms with Gasteiger partial charge in [0.05, 0.1) is 0 Å². The van der Waals surface area contributed by atoms with Crippen LogP contribution in [-0.4, -0.2) is 24.0 Å². The van der Waals surface area contributed by atoms with Crippen LogP contribution in [0.4, 0.5) is 0 Å². The number of hydrogen-bond donors (Lipinski definition) is 1. The van der Waals surface area contributed by atoms with Crippen molar-refractivity contribution in [2.24, 2.45) is 0 Å². The van der Waals surface area contributed by atoms with E-state index in [-0.39, 0.29) is 5.91 Å². The molecule has 1 N–H and O–H groups in total. The molecule has 0 radical (unpaired) electrons. The smallest absolute Gasteiger partial charge is 0.238 e. The lowest BCUT2D eigenvalue weighted by Gasteiger charge is -2.15. The number of hydrogen-bond acceptors (Lipinski definition) is 2. The van der Waals surface area contributed by atoms with Crippen LogP contribution in [0.25, 0.3) is 0 Å². The van der Waals surface area contributed by atoms with Crippen LogP contribution in [0, 0.1) is 0 Å². The Morgan fingerprint density at radius 2 is 2.33 bits per heavy atom. The lowest BCUT2D eigenvalue weighted by molar-refractivity contribution is -0.129. The van der Waals surface area contributed by atoms with Crippen LogP contribution in [0.15, 0.2) is 24.3 Å². The molecule has 0 atom stereocenters. The van der Waals surface area contributed by atoms with E-state index in [0.717, 1.165) is 23.6 Å². The minimum absolute atomic E-state index is 0.178. The summed E-state index contributed by atoms with van der Waals surface area (Å²) in [5, 5.41) is 2.43. The van der Waals surface area contributed by atoms with Gasteiger partial charge in [-0.1, -0.05) is 23.7 Å². The normalized spacial score (nSPS) is 16.1. The molecule has 1 heterocycles. The summed E-state index contributed by atoms with van der Waals surface area (Å²) in [4.78, 5) is 11.3. The van der Waals surface area contributed by atoms with Crippen molar-refractivity contribution in [3.63, 3.8) is 0 Å². The van der Waals surface area contributed by atoms with Crippen molar-refractivity contribution >= 4 is 17.5 Å². The van der Waals surface area contributed by atoms with Crippen molar-refractivity contribution in [1.82, 2.24) is 10.4 Å². The third-order valence-corrected chi connectivity index (χ3v) is 2.69. The van der Waals surface area contributed by atoms with Gasteiger partial charge in [-0.15, -0.1) is 0 Å². The standard InChI is InChI=1S/C11H13ClN2O/c12-10-3-1-2-9(8-10)5-7-14-11(15)4-6-13-14/h1-3,8,13H,4-7H2. The van der Waals surface area contributed by atoms with E-state index in [1.165, 1.54) is 0 Å². The first kappa shape index (κ1) is 10.5. The quantitative estimate of drug-likeness (QED) is 0.846. The van der Waals surface area contributed by atoms with Gasteiger partial charge in [-0.25, -0.2) is 5.43 Å². The second-order valence-electron chi connectivity index (χ2n) is 3.58. The Bertz CT molecular complexity index is 367. The van der Waals surface area contributed by atoms with Crippen molar-refractivity contribution in [2.75, 3.05) is 13.1 Å². The number of carbonyl (C=O) groups is 1. The summed E-state index contributed by atoms with van der Waals surface area (Å²) in [5.74, 6) is 0.178. The zero-order valence-electron chi connectivity index (χ0n) is 8.37. The van der Waals surface area contributed by atoms with Gasteiger partial charge in [-0.3, -0.25) is 9.80 Å². The number of amides is 1. The number of nitrogens with zero attached hydrogens (tertiary/aromatic N) is 1. The molecule has 1 fully saturated rings. The van der Waals surface area contributed by atoms with Crippen LogP contribution in [0.3, 0.4) is 0 Å². The second-order valence-corrected chi connectivity index (χ2v) is 4.02. The van der Waals surface area contributed by atoms with E-state index in [2.05, 4.69) is 5.43 Å². The molecule has 3 nitrogen and oxygen atoms in total. The third kappa shape index (κ3) is 2.70. The van der Waals surface area contributed by atoms with Crippen LogP contribution in [0.5, 0.6) is 0 Å². The Balaban J connectivity index is 1.90. The summed E-state index contributed by atoms with van der Waals surface area (Å²) >= 11 is 5.87. The van der Waals surface area contributed by atoms with Gasteiger partial charge in [0, 0.05) is 24.5 Å². The Morgan fingerprint density at radius 3 is 3.00 bits per heavy atom. The van der Waals surface area contributed by atoms with E-state index in [0.29, 0.717) is 13.0 Å². The first-order valence-electron chi connectivity index (χ1n) is 5.04. The monoisotopic (exact) mass is 224 g/mol. The van der Waals surface area contributed by atoms with Crippen LogP contribution in [-0.2, 0) is 11.2 Å². The fourth-order valence-corrected chi connectivity index (χ4v) is 1.87. The molecule has 0 spiro atoms. The summed E-state index contributed by atoms with van der Waals surface area (Å²) in [6.07, 6.45) is 1.44. The van der Waals surface area contributed by atoms with Gasteiger partial charge in [0.2, 0.25) is 5.91 Å². The lowest BCUT2D eigenvalue weighted by atomic mass is 10.1. The topological polar surface area (TPSA) is 32.3 Å². The van der Waals surface area contributed by atoms with Gasteiger partial charge in [0.25, 0.3) is 0 Å². The van der Waals surface area contributed by atoms with E-state index >= 15 is 0 Å². The number of nitrogens with one attached hydrogen (secondary N) is 1. The minimum Gasteiger partial charge on any atom is -0.278 e. The van der Waals surface area contributed by atoms with Crippen molar-refractivity contribution in [3.05, 3.63) is 34.9 Å². The number of halogens is 1. The van der Waals surface area contributed by atoms with Gasteiger partial charge >= 0.3 is 0 Å². The summed E-state index contributed by atoms with van der Waals surface area (Å²) < 4.78 is 0. The first-order valence-corrected chi connectivity index (χ1v) is 5.42. The summed E-state index contributed by atoms with van der Waals surface area (Å²) in [6, 6.07) is 7.73. The highest BCUT2D eigenvalue weighted by Crippen LogP contribution is 2.11. The molecule has 15 heavy (non-hydrogen) atoms. The third-order valence-electron chi connectivity index (χ3n) is 2.46. The van der Waals surface area contributed by atoms with E-state index in [4.69, 9.17) is 11.6 Å². The molecule has 1 amide bonds. The number of hydrazine groups is 1. The van der Waals surface area contributed by atoms with Crippen LogP contribution in [0.1, 0.15) is 12.0 Å². The predicted molar refractivity (Wildman–Crippen MR) is 59.5 cm³/mol. The Hall–Kier alpha value is -1.06. The highest BCUT2D eigenvalue weighted by Gasteiger charge is 2.18. The molecule has 1 saturated heterocycles. The van der Waals surface area contributed by atoms with E-state index in [9.17, 15) is 4.79 Å². The lowest BCUT2D eigenvalue weighted by Crippen LogP contribution is -2.35. The van der Waals surface area contributed by atoms with Gasteiger partial charge < -0.3 is 0 Å². The average molecular weight is 225 g/mol. The Labute approximate surface area is 94.0 Å². The molecule has 1 aliphatic rings. The van der Waals surface area contributed by atoms with Crippen LogP contribution >= 0.6 is 11.6 Å². The molecule has 0 aliphatic carbocycles. The molecular formula is C11H13ClN2O. The molecule has 1 aromatic rings. The summed E-state index contributed by atoms with van der Waals surface area (Å²) in [6.45, 7) is 1.47. The maximum atomic E-state index is 11.3. The minimum atomic E-state index is 0.178. The number of rotatable bonds is 3. The molecule has 80 valence electrons. The molecule has 1 aliphatic heterocycles. The predicted octanol–water partition coefficient (Wildman–Crippen LogP) is 1.62. The Morgan fingerprint density at radius 1 is 1.47 bits per heavy atom. The fourth-order valence-electron chi connectivity index (χ4n) is 1.66. The van der Waals surface area contributed by atoms with Gasteiger partial charge in [0.15, 0.2) is 0 Å². The molecule has 1 aromatic carbocycles. The highest BCUT2D eigenvalue weighted by molar-refractivity contribution is 6.30. The highest BCUT2D eigenvalue weighted by atomic mass is 35.5. The van der Waals surface area contributed by atoms with Crippen molar-refractivity contribution < 1.29 is 4.79 Å². The maximum absolute atomic E-state index is 11.3. The maximum Gasteiger partial charge on any atom is 0.238 e. The summed E-state index contributed by atoms with van der Waals surface area (Å²) in [5.41, 5.74) is 4.20. The van der Waals surface area contributed by atoms with E-state index < -0.39 is 0 Å². The van der Waals surface area contributed by atoms with Crippen LogP contribution < -0.4 is 5.43 Å². The molecule has 0 aromatic heterocycles. The van der Waals surface area contributed by atoms with Gasteiger partial charge in [-0.2, -0.15) is 0 Å². The molecule has 0 saturated carbocycles. The largest absolute Gasteiger partial charge is 0.278 e. The molecule has 0 bridgehead atoms. The number of benzene rings is 1. The molecule has 2 rings (SSSR count). The van der Waals surface area contributed by atoms with Crippen molar-refractivity contribution in [2.45, 2.75) is 12.8 Å². The average Bonchev–Trinajstić information content (AvgIpc) is 2.61. The summed E-state index contributed by atoms with van der Waals surface area (Å²) in [7, 11) is 0.